The third kappa shape index (κ3) is 4.55. The van der Waals surface area contributed by atoms with Gasteiger partial charge < -0.3 is 29.7 Å². The highest BCUT2D eigenvalue weighted by Crippen LogP contribution is 2.43. The number of nitrogens with one attached hydrogen (secondary N) is 1. The molecule has 166 valence electrons. The quantitative estimate of drug-likeness (QED) is 0.347. The Kier molecular flexibility index (Phi) is 6.74. The van der Waals surface area contributed by atoms with Crippen LogP contribution in [0.2, 0.25) is 5.28 Å². The first kappa shape index (κ1) is 22.1. The maximum Gasteiger partial charge on any atom is 0.226 e. The smallest absolute Gasteiger partial charge is 0.226 e. The van der Waals surface area contributed by atoms with Crippen molar-refractivity contribution in [2.75, 3.05) is 18.5 Å². The number of halogens is 1. The Hall–Kier alpha value is -1.13. The van der Waals surface area contributed by atoms with E-state index < -0.39 is 20.3 Å². The number of hydrogen-bond donors (Lipinski definition) is 4. The number of aliphatic hydroxyl groups excluding tert-OH is 1. The Labute approximate surface area is 180 Å². The van der Waals surface area contributed by atoms with Crippen LogP contribution in [0.4, 0.5) is 5.82 Å². The minimum atomic E-state index is -2.43. The molecule has 0 aromatic carbocycles. The molecule has 2 aliphatic rings. The predicted molar refractivity (Wildman–Crippen MR) is 112 cm³/mol. The summed E-state index contributed by atoms with van der Waals surface area (Å²) in [6.07, 6.45) is 7.17. The molecule has 30 heavy (non-hydrogen) atoms. The molecule has 0 amide bonds. The van der Waals surface area contributed by atoms with Crippen LogP contribution in [0.5, 0.6) is 0 Å². The topological polar surface area (TPSA) is 135 Å². The zero-order valence-electron chi connectivity index (χ0n) is 16.7. The fraction of sp³-hybridized carbons (Fsp3) is 0.722. The van der Waals surface area contributed by atoms with Crippen molar-refractivity contribution in [1.82, 2.24) is 19.7 Å². The van der Waals surface area contributed by atoms with Gasteiger partial charge in [0.05, 0.1) is 30.9 Å². The molecule has 0 radical (unpaired) electrons. The number of nitrogens with zero attached hydrogens (tertiary/aromatic N) is 4. The van der Waals surface area contributed by atoms with Crippen LogP contribution < -0.4 is 5.32 Å². The van der Waals surface area contributed by atoms with E-state index in [4.69, 9.17) is 21.1 Å². The van der Waals surface area contributed by atoms with Crippen LogP contribution >= 0.6 is 20.0 Å². The summed E-state index contributed by atoms with van der Waals surface area (Å²) in [6.45, 7) is 1.11. The van der Waals surface area contributed by atoms with Crippen LogP contribution in [-0.2, 0) is 9.47 Å². The highest BCUT2D eigenvalue weighted by Gasteiger charge is 2.36. The van der Waals surface area contributed by atoms with Crippen molar-refractivity contribution in [2.24, 2.45) is 0 Å². The van der Waals surface area contributed by atoms with Gasteiger partial charge in [0, 0.05) is 6.04 Å². The van der Waals surface area contributed by atoms with E-state index in [1.54, 1.807) is 10.9 Å². The van der Waals surface area contributed by atoms with Crippen molar-refractivity contribution in [3.63, 3.8) is 0 Å². The predicted octanol–water partition coefficient (Wildman–Crippen LogP) is 2.53. The molecule has 3 unspecified atom stereocenters. The Balaban J connectivity index is 1.47. The van der Waals surface area contributed by atoms with Crippen LogP contribution in [0.3, 0.4) is 0 Å². The van der Waals surface area contributed by atoms with Crippen LogP contribution in [0.1, 0.15) is 51.7 Å². The molecule has 2 fully saturated rings. The first-order valence-electron chi connectivity index (χ1n) is 10.1. The lowest BCUT2D eigenvalue weighted by Gasteiger charge is -2.29. The molecular weight excluding hydrogens is 433 g/mol. The molecule has 10 nitrogen and oxygen atoms in total. The Morgan fingerprint density at radius 2 is 2.07 bits per heavy atom. The van der Waals surface area contributed by atoms with E-state index in [9.17, 15) is 14.9 Å². The Morgan fingerprint density at radius 3 is 2.77 bits per heavy atom. The summed E-state index contributed by atoms with van der Waals surface area (Å²) in [7, 11) is -2.43. The SMILES string of the molecule is CC(CO)(OCC1CCC(n2ncc3c(NC4CCCC4)nc(Cl)nc32)O1)P(O)O. The van der Waals surface area contributed by atoms with Gasteiger partial charge >= 0.3 is 0 Å². The van der Waals surface area contributed by atoms with E-state index in [1.807, 2.05) is 0 Å². The minimum Gasteiger partial charge on any atom is -0.393 e. The number of anilines is 1. The molecule has 2 aromatic heterocycles. The molecule has 2 aromatic rings. The van der Waals surface area contributed by atoms with Crippen molar-refractivity contribution in [3.8, 4) is 0 Å². The number of hydrogen-bond acceptors (Lipinski definition) is 9. The monoisotopic (exact) mass is 459 g/mol. The number of fused-ring (bicyclic) bond motifs is 1. The van der Waals surface area contributed by atoms with Gasteiger partial charge in [-0.2, -0.15) is 15.1 Å². The summed E-state index contributed by atoms with van der Waals surface area (Å²) in [4.78, 5) is 27.7. The van der Waals surface area contributed by atoms with Gasteiger partial charge in [0.2, 0.25) is 13.7 Å². The third-order valence-corrected chi connectivity index (χ3v) is 7.06. The van der Waals surface area contributed by atoms with E-state index in [-0.39, 0.29) is 24.2 Å². The molecule has 3 atom stereocenters. The molecule has 4 N–H and O–H groups in total. The van der Waals surface area contributed by atoms with Crippen molar-refractivity contribution in [1.29, 1.82) is 0 Å². The van der Waals surface area contributed by atoms with Gasteiger partial charge in [-0.3, -0.25) is 0 Å². The molecular formula is C18H27ClN5O5P. The number of ether oxygens (including phenoxy) is 2. The normalized spacial score (nSPS) is 24.7. The maximum absolute atomic E-state index is 9.47. The van der Waals surface area contributed by atoms with Gasteiger partial charge in [0.15, 0.2) is 17.2 Å². The standard InChI is InChI=1S/C18H27ClN5O5P/c1-18(10-25,30(26)27)28-9-12-6-7-14(29-12)24-16-13(8-20-24)15(22-17(19)23-16)21-11-4-2-3-5-11/h8,11-12,14,25-27H,2-7,9-10H2,1H3,(H,21,22,23). The van der Waals surface area contributed by atoms with E-state index in [0.717, 1.165) is 18.2 Å². The lowest BCUT2D eigenvalue weighted by Crippen LogP contribution is -2.34. The lowest BCUT2D eigenvalue weighted by molar-refractivity contribution is -0.0850. The largest absolute Gasteiger partial charge is 0.393 e. The third-order valence-electron chi connectivity index (χ3n) is 5.78. The Morgan fingerprint density at radius 1 is 1.30 bits per heavy atom. The first-order valence-corrected chi connectivity index (χ1v) is 11.8. The number of aliphatic hydroxyl groups is 1. The zero-order valence-corrected chi connectivity index (χ0v) is 18.4. The van der Waals surface area contributed by atoms with Gasteiger partial charge in [-0.05, 0) is 44.2 Å². The van der Waals surface area contributed by atoms with Crippen molar-refractivity contribution < 1.29 is 24.4 Å². The van der Waals surface area contributed by atoms with Gasteiger partial charge in [0.25, 0.3) is 0 Å². The second-order valence-corrected chi connectivity index (χ2v) is 9.88. The summed E-state index contributed by atoms with van der Waals surface area (Å²) in [5.41, 5.74) is 0.608. The summed E-state index contributed by atoms with van der Waals surface area (Å²) >= 11 is 6.19. The Bertz CT molecular complexity index is 880. The minimum absolute atomic E-state index is 0.136. The highest BCUT2D eigenvalue weighted by molar-refractivity contribution is 7.46. The lowest BCUT2D eigenvalue weighted by atomic mass is 10.2. The van der Waals surface area contributed by atoms with Gasteiger partial charge in [0.1, 0.15) is 5.82 Å². The fourth-order valence-electron chi connectivity index (χ4n) is 3.91. The molecule has 1 aliphatic heterocycles. The molecule has 0 bridgehead atoms. The molecule has 1 saturated heterocycles. The summed E-state index contributed by atoms with van der Waals surface area (Å²) < 4.78 is 13.3. The van der Waals surface area contributed by atoms with Crippen LogP contribution in [0, 0.1) is 0 Å². The number of rotatable bonds is 8. The summed E-state index contributed by atoms with van der Waals surface area (Å²) in [6, 6.07) is 0.385. The summed E-state index contributed by atoms with van der Waals surface area (Å²) in [5, 5.41) is 16.9. The molecule has 12 heteroatoms. The molecule has 1 aliphatic carbocycles. The van der Waals surface area contributed by atoms with E-state index in [2.05, 4.69) is 20.4 Å². The second kappa shape index (κ2) is 9.16. The van der Waals surface area contributed by atoms with Gasteiger partial charge in [-0.25, -0.2) is 4.68 Å². The molecule has 1 saturated carbocycles. The van der Waals surface area contributed by atoms with Crippen LogP contribution in [-0.4, -0.2) is 65.3 Å². The zero-order chi connectivity index (χ0) is 21.3. The average molecular weight is 460 g/mol. The molecule has 4 rings (SSSR count). The fourth-order valence-corrected chi connectivity index (χ4v) is 4.39. The average Bonchev–Trinajstić information content (AvgIpc) is 3.46. The molecule has 3 heterocycles. The van der Waals surface area contributed by atoms with E-state index in [0.29, 0.717) is 30.3 Å². The van der Waals surface area contributed by atoms with Gasteiger partial charge in [-0.1, -0.05) is 12.8 Å². The van der Waals surface area contributed by atoms with E-state index >= 15 is 0 Å². The first-order chi connectivity index (χ1) is 14.4. The maximum atomic E-state index is 9.47. The van der Waals surface area contributed by atoms with Crippen molar-refractivity contribution in [2.45, 2.75) is 69.2 Å². The molecule has 0 spiro atoms. The van der Waals surface area contributed by atoms with Gasteiger partial charge in [-0.15, -0.1) is 0 Å². The van der Waals surface area contributed by atoms with E-state index in [1.165, 1.54) is 19.8 Å². The summed E-state index contributed by atoms with van der Waals surface area (Å²) in [5.74, 6) is 0.694. The second-order valence-electron chi connectivity index (χ2n) is 8.02. The van der Waals surface area contributed by atoms with Crippen LogP contribution in [0.15, 0.2) is 6.20 Å². The highest BCUT2D eigenvalue weighted by atomic mass is 35.5. The van der Waals surface area contributed by atoms with Crippen molar-refractivity contribution in [3.05, 3.63) is 11.5 Å². The van der Waals surface area contributed by atoms with Crippen LogP contribution in [0.25, 0.3) is 11.0 Å². The number of aromatic nitrogens is 4. The van der Waals surface area contributed by atoms with Crippen molar-refractivity contribution >= 4 is 36.8 Å².